The molecule has 1 N–H and O–H groups in total. The van der Waals surface area contributed by atoms with Gasteiger partial charge >= 0.3 is 5.97 Å². The van der Waals surface area contributed by atoms with Crippen molar-refractivity contribution < 1.29 is 24.2 Å². The standard InChI is InChI=1S/C25H22ClNO5/c26-20-5-1-17(2-6-20)15-31-23-11-7-21(8-12-23)27-14-18(13-24(27)28)16-32-22-9-3-19(4-10-22)25(29)30/h1-12,18H,13-16H2,(H,29,30). The molecule has 1 heterocycles. The average Bonchev–Trinajstić information content (AvgIpc) is 3.18. The number of carbonyl (C=O) groups excluding carboxylic acids is 1. The van der Waals surface area contributed by atoms with Gasteiger partial charge in [-0.05, 0) is 66.2 Å². The molecule has 1 saturated heterocycles. The highest BCUT2D eigenvalue weighted by Gasteiger charge is 2.31. The molecule has 6 nitrogen and oxygen atoms in total. The topological polar surface area (TPSA) is 76.1 Å². The molecule has 0 bridgehead atoms. The number of amides is 1. The van der Waals surface area contributed by atoms with E-state index >= 15 is 0 Å². The van der Waals surface area contributed by atoms with Crippen LogP contribution in [0.3, 0.4) is 0 Å². The minimum atomic E-state index is -0.977. The van der Waals surface area contributed by atoms with Crippen molar-refractivity contribution >= 4 is 29.2 Å². The van der Waals surface area contributed by atoms with Crippen LogP contribution < -0.4 is 14.4 Å². The van der Waals surface area contributed by atoms with Crippen LogP contribution in [0.1, 0.15) is 22.3 Å². The van der Waals surface area contributed by atoms with Gasteiger partial charge in [0.25, 0.3) is 0 Å². The fraction of sp³-hybridized carbons (Fsp3) is 0.200. The van der Waals surface area contributed by atoms with E-state index in [2.05, 4.69) is 0 Å². The van der Waals surface area contributed by atoms with Crippen molar-refractivity contribution in [2.45, 2.75) is 13.0 Å². The molecular formula is C25H22ClNO5. The number of benzene rings is 3. The van der Waals surface area contributed by atoms with E-state index in [1.165, 1.54) is 12.1 Å². The molecule has 0 radical (unpaired) electrons. The van der Waals surface area contributed by atoms with E-state index in [0.717, 1.165) is 17.0 Å². The minimum Gasteiger partial charge on any atom is -0.493 e. The molecule has 3 aromatic rings. The first-order valence-corrected chi connectivity index (χ1v) is 10.6. The lowest BCUT2D eigenvalue weighted by Gasteiger charge is -2.17. The number of rotatable bonds is 8. The first-order chi connectivity index (χ1) is 15.5. The van der Waals surface area contributed by atoms with Crippen LogP contribution in [-0.4, -0.2) is 30.1 Å². The van der Waals surface area contributed by atoms with E-state index in [4.69, 9.17) is 26.2 Å². The lowest BCUT2D eigenvalue weighted by atomic mass is 10.1. The Morgan fingerprint density at radius 2 is 1.56 bits per heavy atom. The number of ether oxygens (including phenoxy) is 2. The molecule has 1 aliphatic heterocycles. The summed E-state index contributed by atoms with van der Waals surface area (Å²) in [6.45, 7) is 1.39. The largest absolute Gasteiger partial charge is 0.493 e. The number of hydrogen-bond acceptors (Lipinski definition) is 4. The number of anilines is 1. The van der Waals surface area contributed by atoms with Crippen molar-refractivity contribution in [3.63, 3.8) is 0 Å². The number of halogens is 1. The quantitative estimate of drug-likeness (QED) is 0.518. The molecule has 0 aromatic heterocycles. The highest BCUT2D eigenvalue weighted by Crippen LogP contribution is 2.28. The van der Waals surface area contributed by atoms with Gasteiger partial charge in [-0.3, -0.25) is 4.79 Å². The van der Waals surface area contributed by atoms with Gasteiger partial charge in [0.1, 0.15) is 18.1 Å². The molecule has 4 rings (SSSR count). The third-order valence-corrected chi connectivity index (χ3v) is 5.51. The summed E-state index contributed by atoms with van der Waals surface area (Å²) < 4.78 is 11.6. The minimum absolute atomic E-state index is 0.0506. The SMILES string of the molecule is O=C(O)c1ccc(OCC2CC(=O)N(c3ccc(OCc4ccc(Cl)cc4)cc3)C2)cc1. The van der Waals surface area contributed by atoms with Crippen LogP contribution in [0.15, 0.2) is 72.8 Å². The van der Waals surface area contributed by atoms with Gasteiger partial charge in [-0.1, -0.05) is 23.7 Å². The van der Waals surface area contributed by atoms with Crippen LogP contribution in [0.2, 0.25) is 5.02 Å². The summed E-state index contributed by atoms with van der Waals surface area (Å²) >= 11 is 5.90. The second-order valence-corrected chi connectivity index (χ2v) is 8.06. The number of carboxylic acids is 1. The van der Waals surface area contributed by atoms with Crippen LogP contribution in [0.4, 0.5) is 5.69 Å². The van der Waals surface area contributed by atoms with Gasteiger partial charge in [-0.2, -0.15) is 0 Å². The van der Waals surface area contributed by atoms with Crippen molar-refractivity contribution in [2.24, 2.45) is 5.92 Å². The maximum Gasteiger partial charge on any atom is 0.335 e. The van der Waals surface area contributed by atoms with Crippen LogP contribution in [-0.2, 0) is 11.4 Å². The molecule has 0 saturated carbocycles. The maximum atomic E-state index is 12.5. The van der Waals surface area contributed by atoms with E-state index in [-0.39, 0.29) is 17.4 Å². The van der Waals surface area contributed by atoms with Gasteiger partial charge in [-0.25, -0.2) is 4.79 Å². The predicted molar refractivity (Wildman–Crippen MR) is 122 cm³/mol. The fourth-order valence-electron chi connectivity index (χ4n) is 3.52. The molecule has 32 heavy (non-hydrogen) atoms. The molecule has 1 fully saturated rings. The Bertz CT molecular complexity index is 1080. The third-order valence-electron chi connectivity index (χ3n) is 5.26. The Hall–Kier alpha value is -3.51. The van der Waals surface area contributed by atoms with Gasteiger partial charge < -0.3 is 19.5 Å². The summed E-state index contributed by atoms with van der Waals surface area (Å²) in [6.07, 6.45) is 0.405. The normalized spacial score (nSPS) is 15.6. The predicted octanol–water partition coefficient (Wildman–Crippen LogP) is 5.05. The van der Waals surface area contributed by atoms with Gasteiger partial charge in [0.15, 0.2) is 0 Å². The number of carboxylic acid groups (broad SMARTS) is 1. The molecule has 0 spiro atoms. The first kappa shape index (κ1) is 21.7. The molecule has 1 amide bonds. The Labute approximate surface area is 191 Å². The van der Waals surface area contributed by atoms with Crippen LogP contribution in [0.5, 0.6) is 11.5 Å². The summed E-state index contributed by atoms with van der Waals surface area (Å²) in [7, 11) is 0. The highest BCUT2D eigenvalue weighted by atomic mass is 35.5. The lowest BCUT2D eigenvalue weighted by Crippen LogP contribution is -2.25. The van der Waals surface area contributed by atoms with Crippen molar-refractivity contribution in [1.29, 1.82) is 0 Å². The molecule has 1 atom stereocenters. The Balaban J connectivity index is 1.29. The number of hydrogen-bond donors (Lipinski definition) is 1. The first-order valence-electron chi connectivity index (χ1n) is 10.2. The number of carbonyl (C=O) groups is 2. The second kappa shape index (κ2) is 9.75. The smallest absolute Gasteiger partial charge is 0.335 e. The van der Waals surface area contributed by atoms with Gasteiger partial charge in [-0.15, -0.1) is 0 Å². The van der Waals surface area contributed by atoms with Crippen molar-refractivity contribution in [2.75, 3.05) is 18.1 Å². The maximum absolute atomic E-state index is 12.5. The lowest BCUT2D eigenvalue weighted by molar-refractivity contribution is -0.117. The zero-order chi connectivity index (χ0) is 22.5. The van der Waals surface area contributed by atoms with Gasteiger partial charge in [0.2, 0.25) is 5.91 Å². The third kappa shape index (κ3) is 5.39. The zero-order valence-electron chi connectivity index (χ0n) is 17.2. The summed E-state index contributed by atoms with van der Waals surface area (Å²) in [6, 6.07) is 21.2. The molecule has 3 aromatic carbocycles. The zero-order valence-corrected chi connectivity index (χ0v) is 18.0. The summed E-state index contributed by atoms with van der Waals surface area (Å²) in [4.78, 5) is 25.2. The van der Waals surface area contributed by atoms with Crippen LogP contribution in [0, 0.1) is 5.92 Å². The van der Waals surface area contributed by atoms with Crippen molar-refractivity contribution in [3.05, 3.63) is 88.9 Å². The van der Waals surface area contributed by atoms with Gasteiger partial charge in [0.05, 0.1) is 12.2 Å². The van der Waals surface area contributed by atoms with Crippen LogP contribution in [0.25, 0.3) is 0 Å². The van der Waals surface area contributed by atoms with Crippen LogP contribution >= 0.6 is 11.6 Å². The van der Waals surface area contributed by atoms with E-state index in [9.17, 15) is 9.59 Å². The van der Waals surface area contributed by atoms with Crippen molar-refractivity contribution in [3.8, 4) is 11.5 Å². The Kier molecular flexibility index (Phi) is 6.61. The Morgan fingerprint density at radius 1 is 0.938 bits per heavy atom. The molecule has 0 aliphatic carbocycles. The number of nitrogens with zero attached hydrogens (tertiary/aromatic N) is 1. The molecular weight excluding hydrogens is 430 g/mol. The second-order valence-electron chi connectivity index (χ2n) is 7.62. The molecule has 1 unspecified atom stereocenters. The number of aromatic carboxylic acids is 1. The monoisotopic (exact) mass is 451 g/mol. The summed E-state index contributed by atoms with van der Waals surface area (Å²) in [5.74, 6) is 0.440. The molecule has 164 valence electrons. The highest BCUT2D eigenvalue weighted by molar-refractivity contribution is 6.30. The Morgan fingerprint density at radius 3 is 2.22 bits per heavy atom. The van der Waals surface area contributed by atoms with E-state index in [1.54, 1.807) is 17.0 Å². The van der Waals surface area contributed by atoms with E-state index < -0.39 is 5.97 Å². The summed E-state index contributed by atoms with van der Waals surface area (Å²) in [5, 5.41) is 9.65. The molecule has 7 heteroatoms. The fourth-order valence-corrected chi connectivity index (χ4v) is 3.65. The van der Waals surface area contributed by atoms with E-state index in [1.807, 2.05) is 48.5 Å². The van der Waals surface area contributed by atoms with E-state index in [0.29, 0.717) is 37.0 Å². The van der Waals surface area contributed by atoms with Crippen molar-refractivity contribution in [1.82, 2.24) is 0 Å². The average molecular weight is 452 g/mol. The van der Waals surface area contributed by atoms with Gasteiger partial charge in [0, 0.05) is 29.6 Å². The molecule has 1 aliphatic rings. The summed E-state index contributed by atoms with van der Waals surface area (Å²) in [5.41, 5.74) is 2.05.